The highest BCUT2D eigenvalue weighted by atomic mass is 35.5. The van der Waals surface area contributed by atoms with Crippen molar-refractivity contribution in [2.75, 3.05) is 5.32 Å². The molecule has 0 fully saturated rings. The second-order valence-electron chi connectivity index (χ2n) is 6.80. The summed E-state index contributed by atoms with van der Waals surface area (Å²) in [6.07, 6.45) is -0.336. The molecule has 1 aliphatic rings. The third-order valence-electron chi connectivity index (χ3n) is 4.63. The number of thioether (sulfide) groups is 1. The van der Waals surface area contributed by atoms with Gasteiger partial charge in [-0.25, -0.2) is 0 Å². The molecule has 150 valence electrons. The fourth-order valence-corrected chi connectivity index (χ4v) is 4.88. The van der Waals surface area contributed by atoms with Gasteiger partial charge < -0.3 is 10.1 Å². The van der Waals surface area contributed by atoms with Crippen LogP contribution >= 0.6 is 34.7 Å². The zero-order chi connectivity index (χ0) is 20.5. The van der Waals surface area contributed by atoms with Crippen LogP contribution < -0.4 is 10.1 Å². The van der Waals surface area contributed by atoms with Gasteiger partial charge in [-0.2, -0.15) is 4.98 Å². The van der Waals surface area contributed by atoms with Crippen molar-refractivity contribution in [1.29, 1.82) is 0 Å². The van der Waals surface area contributed by atoms with E-state index in [-0.39, 0.29) is 6.23 Å². The number of nitrogens with one attached hydrogen (secondary N) is 1. The number of aromatic nitrogens is 3. The number of ether oxygens (including phenoxy) is 1. The number of anilines is 1. The maximum absolute atomic E-state index is 6.30. The van der Waals surface area contributed by atoms with Crippen molar-refractivity contribution in [2.24, 2.45) is 0 Å². The van der Waals surface area contributed by atoms with E-state index in [1.807, 2.05) is 48.5 Å². The largest absolute Gasteiger partial charge is 0.447 e. The number of hydrogen-bond acceptors (Lipinski definition) is 7. The van der Waals surface area contributed by atoms with Crippen LogP contribution in [0.2, 0.25) is 5.02 Å². The Labute approximate surface area is 187 Å². The fraction of sp³-hybridized carbons (Fsp3) is 0.136. The standard InChI is InChI=1S/C22H17ClN4OS2/c1-13-6-11-18(30-13)20-24-17-5-3-2-4-16(17)19-21(28-20)25-22(27-26-19)29-12-14-7-9-15(23)10-8-14/h2-11,20,24H,12H2,1H3. The molecule has 0 aliphatic carbocycles. The first kappa shape index (κ1) is 19.4. The van der Waals surface area contributed by atoms with Crippen molar-refractivity contribution in [2.45, 2.75) is 24.1 Å². The van der Waals surface area contributed by atoms with Gasteiger partial charge in [-0.3, -0.25) is 0 Å². The lowest BCUT2D eigenvalue weighted by Crippen LogP contribution is -2.15. The fourth-order valence-electron chi connectivity index (χ4n) is 3.16. The van der Waals surface area contributed by atoms with E-state index in [2.05, 4.69) is 34.6 Å². The highest BCUT2D eigenvalue weighted by Crippen LogP contribution is 2.40. The molecule has 5 nitrogen and oxygen atoms in total. The van der Waals surface area contributed by atoms with Crippen molar-refractivity contribution in [3.8, 4) is 17.1 Å². The number of thiophene rings is 1. The van der Waals surface area contributed by atoms with Gasteiger partial charge in [-0.1, -0.05) is 53.7 Å². The van der Waals surface area contributed by atoms with Gasteiger partial charge in [0.1, 0.15) is 0 Å². The van der Waals surface area contributed by atoms with Crippen LogP contribution in [0.1, 0.15) is 21.5 Å². The summed E-state index contributed by atoms with van der Waals surface area (Å²) in [5.74, 6) is 1.21. The highest BCUT2D eigenvalue weighted by Gasteiger charge is 2.26. The summed E-state index contributed by atoms with van der Waals surface area (Å²) in [6, 6.07) is 19.9. The Morgan fingerprint density at radius 3 is 2.70 bits per heavy atom. The molecule has 1 N–H and O–H groups in total. The second kappa shape index (κ2) is 8.26. The summed E-state index contributed by atoms with van der Waals surface area (Å²) >= 11 is 9.18. The molecule has 1 aliphatic heterocycles. The number of fused-ring (bicyclic) bond motifs is 3. The molecule has 30 heavy (non-hydrogen) atoms. The maximum Gasteiger partial charge on any atom is 0.247 e. The Hall–Kier alpha value is -2.61. The summed E-state index contributed by atoms with van der Waals surface area (Å²) in [5.41, 5.74) is 3.66. The van der Waals surface area contributed by atoms with Crippen LogP contribution in [0.25, 0.3) is 11.3 Å². The number of para-hydroxylation sites is 1. The molecule has 2 aromatic heterocycles. The molecular formula is C22H17ClN4OS2. The first-order valence-electron chi connectivity index (χ1n) is 9.36. The van der Waals surface area contributed by atoms with Gasteiger partial charge in [-0.05, 0) is 42.8 Å². The Morgan fingerprint density at radius 1 is 1.07 bits per heavy atom. The first-order chi connectivity index (χ1) is 14.7. The molecule has 0 bridgehead atoms. The molecule has 0 radical (unpaired) electrons. The SMILES string of the molecule is Cc1ccc(C2Nc3ccccc3-c3nnc(SCc4ccc(Cl)cc4)nc3O2)s1. The van der Waals surface area contributed by atoms with E-state index in [0.717, 1.165) is 32.5 Å². The van der Waals surface area contributed by atoms with E-state index in [1.165, 1.54) is 16.6 Å². The quantitative estimate of drug-likeness (QED) is 0.363. The highest BCUT2D eigenvalue weighted by molar-refractivity contribution is 7.98. The van der Waals surface area contributed by atoms with Gasteiger partial charge >= 0.3 is 0 Å². The van der Waals surface area contributed by atoms with Gasteiger partial charge in [-0.15, -0.1) is 21.5 Å². The van der Waals surface area contributed by atoms with Crippen LogP contribution in [0.15, 0.2) is 65.8 Å². The summed E-state index contributed by atoms with van der Waals surface area (Å²) in [4.78, 5) is 7.01. The normalized spacial score (nSPS) is 14.8. The molecule has 3 heterocycles. The van der Waals surface area contributed by atoms with Gasteiger partial charge in [0.25, 0.3) is 0 Å². The average molecular weight is 453 g/mol. The van der Waals surface area contributed by atoms with Crippen LogP contribution in [0.5, 0.6) is 5.88 Å². The number of nitrogens with zero attached hydrogens (tertiary/aromatic N) is 3. The number of benzene rings is 2. The number of hydrogen-bond donors (Lipinski definition) is 1. The third kappa shape index (κ3) is 4.01. The Balaban J connectivity index is 1.47. The zero-order valence-electron chi connectivity index (χ0n) is 16.0. The van der Waals surface area contributed by atoms with Crippen molar-refractivity contribution in [1.82, 2.24) is 15.2 Å². The van der Waals surface area contributed by atoms with Crippen LogP contribution in [0.4, 0.5) is 5.69 Å². The molecule has 1 atom stereocenters. The van der Waals surface area contributed by atoms with E-state index >= 15 is 0 Å². The van der Waals surface area contributed by atoms with Gasteiger partial charge in [0.15, 0.2) is 5.69 Å². The lowest BCUT2D eigenvalue weighted by molar-refractivity contribution is 0.229. The molecule has 4 aromatic rings. The molecule has 0 saturated heterocycles. The Morgan fingerprint density at radius 2 is 1.90 bits per heavy atom. The minimum absolute atomic E-state index is 0.336. The molecule has 5 rings (SSSR count). The third-order valence-corrected chi connectivity index (χ3v) is 6.84. The average Bonchev–Trinajstić information content (AvgIpc) is 3.12. The predicted octanol–water partition coefficient (Wildman–Crippen LogP) is 6.36. The summed E-state index contributed by atoms with van der Waals surface area (Å²) in [7, 11) is 0. The van der Waals surface area contributed by atoms with E-state index in [9.17, 15) is 0 Å². The zero-order valence-corrected chi connectivity index (χ0v) is 18.4. The van der Waals surface area contributed by atoms with Crippen LogP contribution in [0, 0.1) is 6.92 Å². The molecule has 8 heteroatoms. The maximum atomic E-state index is 6.30. The van der Waals surface area contributed by atoms with E-state index in [4.69, 9.17) is 21.3 Å². The van der Waals surface area contributed by atoms with Crippen molar-refractivity contribution in [3.05, 3.63) is 81.0 Å². The van der Waals surface area contributed by atoms with E-state index in [1.54, 1.807) is 11.3 Å². The summed E-state index contributed by atoms with van der Waals surface area (Å²) in [5, 5.41) is 13.6. The number of halogens is 1. The van der Waals surface area contributed by atoms with Crippen LogP contribution in [-0.4, -0.2) is 15.2 Å². The number of rotatable bonds is 4. The van der Waals surface area contributed by atoms with Crippen LogP contribution in [0.3, 0.4) is 0 Å². The van der Waals surface area contributed by atoms with Crippen molar-refractivity contribution < 1.29 is 4.74 Å². The first-order valence-corrected chi connectivity index (χ1v) is 11.5. The number of aryl methyl sites for hydroxylation is 1. The lowest BCUT2D eigenvalue weighted by atomic mass is 10.1. The topological polar surface area (TPSA) is 59.9 Å². The van der Waals surface area contributed by atoms with Crippen molar-refractivity contribution >= 4 is 40.4 Å². The molecule has 0 spiro atoms. The van der Waals surface area contributed by atoms with Crippen LogP contribution in [-0.2, 0) is 5.75 Å². The predicted molar refractivity (Wildman–Crippen MR) is 122 cm³/mol. The monoisotopic (exact) mass is 452 g/mol. The Kier molecular flexibility index (Phi) is 5.33. The minimum atomic E-state index is -0.336. The molecule has 2 aromatic carbocycles. The summed E-state index contributed by atoms with van der Waals surface area (Å²) < 4.78 is 6.30. The summed E-state index contributed by atoms with van der Waals surface area (Å²) in [6.45, 7) is 2.09. The molecular weight excluding hydrogens is 436 g/mol. The molecule has 0 amide bonds. The van der Waals surface area contributed by atoms with Gasteiger partial charge in [0.2, 0.25) is 17.3 Å². The minimum Gasteiger partial charge on any atom is -0.447 e. The van der Waals surface area contributed by atoms with E-state index in [0.29, 0.717) is 16.7 Å². The molecule has 1 unspecified atom stereocenters. The van der Waals surface area contributed by atoms with E-state index < -0.39 is 0 Å². The Bertz CT molecular complexity index is 1200. The second-order valence-corrected chi connectivity index (χ2v) is 9.50. The van der Waals surface area contributed by atoms with Crippen molar-refractivity contribution in [3.63, 3.8) is 0 Å². The van der Waals surface area contributed by atoms with Gasteiger partial charge in [0.05, 0.1) is 4.88 Å². The van der Waals surface area contributed by atoms with Gasteiger partial charge in [0, 0.05) is 26.9 Å². The lowest BCUT2D eigenvalue weighted by Gasteiger charge is -2.17. The molecule has 0 saturated carbocycles. The smallest absolute Gasteiger partial charge is 0.247 e.